The van der Waals surface area contributed by atoms with Crippen molar-refractivity contribution in [1.82, 2.24) is 10.3 Å². The van der Waals surface area contributed by atoms with Gasteiger partial charge in [-0.05, 0) is 25.4 Å². The number of thiazole rings is 1. The van der Waals surface area contributed by atoms with Crippen molar-refractivity contribution in [3.8, 4) is 0 Å². The molecule has 0 aliphatic carbocycles. The fourth-order valence-corrected chi connectivity index (χ4v) is 2.95. The van der Waals surface area contributed by atoms with Crippen LogP contribution in [-0.4, -0.2) is 24.0 Å². The summed E-state index contributed by atoms with van der Waals surface area (Å²) in [5.74, 6) is 0.561. The summed E-state index contributed by atoms with van der Waals surface area (Å²) in [7, 11) is 0. The highest BCUT2D eigenvalue weighted by Gasteiger charge is 2.20. The number of rotatable bonds is 3. The van der Waals surface area contributed by atoms with Crippen molar-refractivity contribution in [3.05, 3.63) is 11.1 Å². The fourth-order valence-electron chi connectivity index (χ4n) is 2.00. The zero-order chi connectivity index (χ0) is 13.2. The summed E-state index contributed by atoms with van der Waals surface area (Å²) in [6.07, 6.45) is 1.69. The maximum atomic E-state index is 11.9. The van der Waals surface area contributed by atoms with Crippen molar-refractivity contribution in [2.45, 2.75) is 39.0 Å². The van der Waals surface area contributed by atoms with Crippen molar-refractivity contribution >= 4 is 22.4 Å². The molecule has 1 fully saturated rings. The number of nitrogens with zero attached hydrogens (tertiary/aromatic N) is 1. The molecule has 2 rings (SSSR count). The van der Waals surface area contributed by atoms with E-state index in [0.717, 1.165) is 30.3 Å². The highest BCUT2D eigenvalue weighted by molar-refractivity contribution is 7.13. The van der Waals surface area contributed by atoms with E-state index in [1.165, 1.54) is 11.3 Å². The Morgan fingerprint density at radius 3 is 2.94 bits per heavy atom. The number of anilines is 1. The molecule has 0 aromatic carbocycles. The number of amides is 1. The lowest BCUT2D eigenvalue weighted by Crippen LogP contribution is -2.18. The van der Waals surface area contributed by atoms with Crippen LogP contribution in [0.5, 0.6) is 0 Å². The summed E-state index contributed by atoms with van der Waals surface area (Å²) in [4.78, 5) is 16.3. The molecule has 4 nitrogen and oxygen atoms in total. The van der Waals surface area contributed by atoms with E-state index in [4.69, 9.17) is 0 Å². The third-order valence-corrected chi connectivity index (χ3v) is 3.91. The first-order chi connectivity index (χ1) is 8.45. The number of carbonyl (C=O) groups is 1. The number of carbonyl (C=O) groups excluding carboxylic acids is 1. The van der Waals surface area contributed by atoms with E-state index in [2.05, 4.69) is 36.4 Å². The highest BCUT2D eigenvalue weighted by Crippen LogP contribution is 2.26. The molecular formula is C13H21N3OS. The Kier molecular flexibility index (Phi) is 4.02. The smallest absolute Gasteiger partial charge is 0.226 e. The molecule has 1 amide bonds. The van der Waals surface area contributed by atoms with Gasteiger partial charge in [0.1, 0.15) is 0 Å². The van der Waals surface area contributed by atoms with Crippen LogP contribution in [0.15, 0.2) is 5.38 Å². The number of hydrogen-bond donors (Lipinski definition) is 2. The summed E-state index contributed by atoms with van der Waals surface area (Å²) in [6.45, 7) is 8.36. The van der Waals surface area contributed by atoms with Gasteiger partial charge in [-0.3, -0.25) is 4.79 Å². The SMILES string of the molecule is CC(C)(C)c1csc(NC(=O)CC2CCNC2)n1. The lowest BCUT2D eigenvalue weighted by molar-refractivity contribution is -0.116. The predicted octanol–water partition coefficient (Wildman–Crippen LogP) is 2.38. The Bertz CT molecular complexity index is 416. The lowest BCUT2D eigenvalue weighted by Gasteiger charge is -2.14. The van der Waals surface area contributed by atoms with Crippen molar-refractivity contribution in [2.75, 3.05) is 18.4 Å². The van der Waals surface area contributed by atoms with Crippen LogP contribution in [0.1, 0.15) is 39.3 Å². The van der Waals surface area contributed by atoms with Crippen LogP contribution in [0.3, 0.4) is 0 Å². The van der Waals surface area contributed by atoms with Crippen LogP contribution in [0, 0.1) is 5.92 Å². The first-order valence-electron chi connectivity index (χ1n) is 6.42. The minimum absolute atomic E-state index is 0.0366. The first-order valence-corrected chi connectivity index (χ1v) is 7.29. The van der Waals surface area contributed by atoms with E-state index < -0.39 is 0 Å². The average Bonchev–Trinajstić information content (AvgIpc) is 2.87. The van der Waals surface area contributed by atoms with Gasteiger partial charge in [-0.2, -0.15) is 0 Å². The minimum atomic E-state index is 0.0366. The van der Waals surface area contributed by atoms with E-state index in [1.54, 1.807) is 0 Å². The van der Waals surface area contributed by atoms with Crippen LogP contribution < -0.4 is 10.6 Å². The monoisotopic (exact) mass is 267 g/mol. The van der Waals surface area contributed by atoms with E-state index in [0.29, 0.717) is 12.3 Å². The summed E-state index contributed by atoms with van der Waals surface area (Å²) >= 11 is 1.50. The molecule has 0 saturated carbocycles. The lowest BCUT2D eigenvalue weighted by atomic mass is 9.93. The van der Waals surface area contributed by atoms with Crippen LogP contribution in [0.2, 0.25) is 0 Å². The largest absolute Gasteiger partial charge is 0.316 e. The molecule has 1 atom stereocenters. The van der Waals surface area contributed by atoms with Gasteiger partial charge in [0.25, 0.3) is 0 Å². The Labute approximate surface area is 112 Å². The van der Waals surface area contributed by atoms with E-state index >= 15 is 0 Å². The number of hydrogen-bond acceptors (Lipinski definition) is 4. The van der Waals surface area contributed by atoms with E-state index in [9.17, 15) is 4.79 Å². The average molecular weight is 267 g/mol. The molecule has 2 N–H and O–H groups in total. The summed E-state index contributed by atoms with van der Waals surface area (Å²) in [5, 5.41) is 8.91. The van der Waals surface area contributed by atoms with Crippen molar-refractivity contribution in [2.24, 2.45) is 5.92 Å². The molecule has 0 radical (unpaired) electrons. The molecule has 1 aliphatic rings. The zero-order valence-electron chi connectivity index (χ0n) is 11.2. The van der Waals surface area contributed by atoms with Crippen LogP contribution in [0.4, 0.5) is 5.13 Å². The van der Waals surface area contributed by atoms with Gasteiger partial charge in [0, 0.05) is 17.2 Å². The summed E-state index contributed by atoms with van der Waals surface area (Å²) < 4.78 is 0. The Morgan fingerprint density at radius 1 is 1.61 bits per heavy atom. The van der Waals surface area contributed by atoms with E-state index in [1.807, 2.05) is 5.38 Å². The zero-order valence-corrected chi connectivity index (χ0v) is 12.1. The second-order valence-electron chi connectivity index (χ2n) is 5.90. The third-order valence-electron chi connectivity index (χ3n) is 3.16. The van der Waals surface area contributed by atoms with Crippen LogP contribution in [-0.2, 0) is 10.2 Å². The second kappa shape index (κ2) is 5.36. The van der Waals surface area contributed by atoms with Gasteiger partial charge in [0.2, 0.25) is 5.91 Å². The van der Waals surface area contributed by atoms with Gasteiger partial charge in [-0.1, -0.05) is 20.8 Å². The molecule has 0 bridgehead atoms. The molecule has 1 saturated heterocycles. The van der Waals surface area contributed by atoms with Gasteiger partial charge in [-0.15, -0.1) is 11.3 Å². The number of nitrogens with one attached hydrogen (secondary N) is 2. The van der Waals surface area contributed by atoms with Crippen LogP contribution >= 0.6 is 11.3 Å². The number of aromatic nitrogens is 1. The molecule has 1 aromatic rings. The summed E-state index contributed by atoms with van der Waals surface area (Å²) in [6, 6.07) is 0. The Balaban J connectivity index is 1.88. The standard InChI is InChI=1S/C13H21N3OS/c1-13(2,3)10-8-18-12(15-10)16-11(17)6-9-4-5-14-7-9/h8-9,14H,4-7H2,1-3H3,(H,15,16,17). The first kappa shape index (κ1) is 13.5. The van der Waals surface area contributed by atoms with Gasteiger partial charge >= 0.3 is 0 Å². The Morgan fingerprint density at radius 2 is 2.39 bits per heavy atom. The van der Waals surface area contributed by atoms with Crippen molar-refractivity contribution < 1.29 is 4.79 Å². The molecule has 1 aliphatic heterocycles. The normalized spacial score (nSPS) is 20.1. The van der Waals surface area contributed by atoms with Gasteiger partial charge in [0.05, 0.1) is 5.69 Å². The topological polar surface area (TPSA) is 54.0 Å². The maximum Gasteiger partial charge on any atom is 0.226 e. The molecule has 1 aromatic heterocycles. The molecular weight excluding hydrogens is 246 g/mol. The molecule has 18 heavy (non-hydrogen) atoms. The fraction of sp³-hybridized carbons (Fsp3) is 0.692. The molecule has 2 heterocycles. The highest BCUT2D eigenvalue weighted by atomic mass is 32.1. The molecule has 0 spiro atoms. The van der Waals surface area contributed by atoms with Crippen LogP contribution in [0.25, 0.3) is 0 Å². The van der Waals surface area contributed by atoms with Gasteiger partial charge < -0.3 is 10.6 Å². The molecule has 1 unspecified atom stereocenters. The second-order valence-corrected chi connectivity index (χ2v) is 6.76. The van der Waals surface area contributed by atoms with Crippen molar-refractivity contribution in [1.29, 1.82) is 0 Å². The van der Waals surface area contributed by atoms with Gasteiger partial charge in [-0.25, -0.2) is 4.98 Å². The maximum absolute atomic E-state index is 11.9. The quantitative estimate of drug-likeness (QED) is 0.884. The molecule has 5 heteroatoms. The predicted molar refractivity (Wildman–Crippen MR) is 75.0 cm³/mol. The van der Waals surface area contributed by atoms with E-state index in [-0.39, 0.29) is 11.3 Å². The van der Waals surface area contributed by atoms with Crippen molar-refractivity contribution in [3.63, 3.8) is 0 Å². The Hall–Kier alpha value is -0.940. The molecule has 100 valence electrons. The van der Waals surface area contributed by atoms with Gasteiger partial charge in [0.15, 0.2) is 5.13 Å². The minimum Gasteiger partial charge on any atom is -0.316 e. The summed E-state index contributed by atoms with van der Waals surface area (Å²) in [5.41, 5.74) is 1.07. The third kappa shape index (κ3) is 3.53.